The Labute approximate surface area is 107 Å². The molecule has 0 aromatic rings. The molecule has 3 nitrogen and oxygen atoms in total. The van der Waals surface area contributed by atoms with E-state index in [-0.39, 0.29) is 6.61 Å². The molecule has 0 rings (SSSR count). The highest BCUT2D eigenvalue weighted by molar-refractivity contribution is 5.65. The van der Waals surface area contributed by atoms with E-state index in [9.17, 15) is 9.90 Å². The lowest BCUT2D eigenvalue weighted by atomic mass is 10.3. The summed E-state index contributed by atoms with van der Waals surface area (Å²) < 4.78 is 4.59. The van der Waals surface area contributed by atoms with Crippen molar-refractivity contribution in [3.8, 4) is 47.4 Å². The van der Waals surface area contributed by atoms with Crippen molar-refractivity contribution in [1.82, 2.24) is 0 Å². The molecule has 1 atom stereocenters. The number of ether oxygens (including phenoxy) is 1. The van der Waals surface area contributed by atoms with E-state index in [1.807, 2.05) is 0 Å². The molecule has 0 aliphatic rings. The summed E-state index contributed by atoms with van der Waals surface area (Å²) in [6.45, 7) is 2.88. The predicted octanol–water partition coefficient (Wildman–Crippen LogP) is 0.500. The van der Waals surface area contributed by atoms with Gasteiger partial charge in [-0.25, -0.2) is 0 Å². The zero-order valence-corrected chi connectivity index (χ0v) is 10.2. The minimum absolute atomic E-state index is 0.0830. The summed E-state index contributed by atoms with van der Waals surface area (Å²) >= 11 is 0. The molecule has 0 unspecified atom stereocenters. The van der Waals surface area contributed by atoms with Crippen LogP contribution in [0.4, 0.5) is 0 Å². The van der Waals surface area contributed by atoms with Crippen molar-refractivity contribution < 1.29 is 14.6 Å². The summed E-state index contributed by atoms with van der Waals surface area (Å²) in [6, 6.07) is 0. The van der Waals surface area contributed by atoms with Crippen molar-refractivity contribution in [3.63, 3.8) is 0 Å². The summed E-state index contributed by atoms with van der Waals surface area (Å²) in [5.41, 5.74) is 0. The molecule has 0 amide bonds. The minimum atomic E-state index is -0.865. The lowest BCUT2D eigenvalue weighted by molar-refractivity contribution is -0.143. The molecular formula is C15H12O3. The number of aliphatic hydroxyl groups excluding tert-OH is 1. The number of esters is 1. The summed E-state index contributed by atoms with van der Waals surface area (Å²) in [6.07, 6.45) is 1.98. The van der Waals surface area contributed by atoms with Gasteiger partial charge in [-0.3, -0.25) is 4.79 Å². The topological polar surface area (TPSA) is 46.5 Å². The molecule has 1 N–H and O–H groups in total. The highest BCUT2D eigenvalue weighted by Crippen LogP contribution is 1.88. The van der Waals surface area contributed by atoms with E-state index in [0.29, 0.717) is 0 Å². The number of hydrogen-bond donors (Lipinski definition) is 1. The van der Waals surface area contributed by atoms with Crippen LogP contribution in [0.1, 0.15) is 13.8 Å². The van der Waals surface area contributed by atoms with E-state index in [1.54, 1.807) is 6.92 Å². The summed E-state index contributed by atoms with van der Waals surface area (Å²) in [5.74, 6) is 19.8. The van der Waals surface area contributed by atoms with Crippen LogP contribution in [0.5, 0.6) is 0 Å². The molecule has 90 valence electrons. The lowest BCUT2D eigenvalue weighted by Crippen LogP contribution is -2.14. The van der Waals surface area contributed by atoms with Gasteiger partial charge >= 0.3 is 5.97 Å². The van der Waals surface area contributed by atoms with Gasteiger partial charge in [-0.2, -0.15) is 0 Å². The fraction of sp³-hybridized carbons (Fsp3) is 0.267. The maximum absolute atomic E-state index is 10.4. The Balaban J connectivity index is 4.05. The smallest absolute Gasteiger partial charge is 0.302 e. The number of aliphatic hydroxyl groups is 1. The summed E-state index contributed by atoms with van der Waals surface area (Å²) in [5, 5.41) is 9.29. The predicted molar refractivity (Wildman–Crippen MR) is 68.6 cm³/mol. The second kappa shape index (κ2) is 10.9. The highest BCUT2D eigenvalue weighted by Gasteiger charge is 1.99. The Bertz CT molecular complexity index is 539. The van der Waals surface area contributed by atoms with Gasteiger partial charge in [0.2, 0.25) is 0 Å². The molecule has 0 fully saturated rings. The largest absolute Gasteiger partial charge is 0.463 e. The van der Waals surface area contributed by atoms with E-state index < -0.39 is 12.1 Å². The average Bonchev–Trinajstić information content (AvgIpc) is 2.34. The first-order valence-corrected chi connectivity index (χ1v) is 5.07. The molecule has 0 aromatic carbocycles. The van der Waals surface area contributed by atoms with E-state index >= 15 is 0 Å². The van der Waals surface area contributed by atoms with Crippen LogP contribution in [0.25, 0.3) is 0 Å². The van der Waals surface area contributed by atoms with Gasteiger partial charge in [-0.1, -0.05) is 11.8 Å². The van der Waals surface area contributed by atoms with Crippen molar-refractivity contribution in [2.45, 2.75) is 20.0 Å². The first kappa shape index (κ1) is 15.4. The second-order valence-corrected chi connectivity index (χ2v) is 2.87. The quantitative estimate of drug-likeness (QED) is 0.577. The lowest BCUT2D eigenvalue weighted by Gasteiger charge is -2.03. The molecule has 0 aliphatic carbocycles. The molecule has 0 bridgehead atoms. The third-order valence-corrected chi connectivity index (χ3v) is 1.37. The van der Waals surface area contributed by atoms with E-state index in [2.05, 4.69) is 52.1 Å². The van der Waals surface area contributed by atoms with Crippen molar-refractivity contribution in [2.75, 3.05) is 6.61 Å². The number of carbonyl (C=O) groups is 1. The van der Waals surface area contributed by atoms with E-state index in [0.717, 1.165) is 0 Å². The fourth-order valence-electron chi connectivity index (χ4n) is 0.683. The molecule has 0 saturated carbocycles. The second-order valence-electron chi connectivity index (χ2n) is 2.87. The number of carbonyl (C=O) groups excluding carboxylic acids is 1. The first-order valence-electron chi connectivity index (χ1n) is 5.07. The van der Waals surface area contributed by atoms with Crippen molar-refractivity contribution in [1.29, 1.82) is 0 Å². The summed E-state index contributed by atoms with van der Waals surface area (Å²) in [4.78, 5) is 10.4. The van der Waals surface area contributed by atoms with Gasteiger partial charge in [0.1, 0.15) is 12.7 Å². The Hall–Kier alpha value is -2.59. The zero-order valence-electron chi connectivity index (χ0n) is 10.2. The molecule has 0 heterocycles. The Morgan fingerprint density at radius 2 is 1.83 bits per heavy atom. The first-order chi connectivity index (χ1) is 8.66. The fourth-order valence-corrected chi connectivity index (χ4v) is 0.683. The molecule has 0 aliphatic heterocycles. The van der Waals surface area contributed by atoms with Crippen LogP contribution in [0.15, 0.2) is 12.2 Å². The number of hydrogen-bond acceptors (Lipinski definition) is 3. The number of allylic oxidation sites excluding steroid dienone is 1. The molecule has 3 heteroatoms. The van der Waals surface area contributed by atoms with Gasteiger partial charge in [-0.15, -0.1) is 0 Å². The van der Waals surface area contributed by atoms with E-state index in [1.165, 1.54) is 19.1 Å². The third kappa shape index (κ3) is 11.5. The average molecular weight is 240 g/mol. The van der Waals surface area contributed by atoms with Crippen molar-refractivity contribution >= 4 is 5.97 Å². The van der Waals surface area contributed by atoms with E-state index in [4.69, 9.17) is 0 Å². The molecular weight excluding hydrogens is 228 g/mol. The molecule has 0 radical (unpaired) electrons. The van der Waals surface area contributed by atoms with Crippen LogP contribution in [0.2, 0.25) is 0 Å². The highest BCUT2D eigenvalue weighted by atomic mass is 16.5. The molecule has 0 spiro atoms. The zero-order chi connectivity index (χ0) is 13.6. The third-order valence-electron chi connectivity index (χ3n) is 1.37. The standard InChI is InChI=1S/C15H12O3/c1-3-4-5-6-7-8-9-10-11-12-15(17)13-18-14(2)16/h11-12,15,17H,13H2,1-2H3/t15-/m0/s1. The summed E-state index contributed by atoms with van der Waals surface area (Å²) in [7, 11) is 0. The van der Waals surface area contributed by atoms with Crippen molar-refractivity contribution in [3.05, 3.63) is 12.2 Å². The van der Waals surface area contributed by atoms with Crippen LogP contribution in [-0.4, -0.2) is 23.8 Å². The van der Waals surface area contributed by atoms with Gasteiger partial charge in [0, 0.05) is 6.92 Å². The minimum Gasteiger partial charge on any atom is -0.463 e. The molecule has 0 aromatic heterocycles. The van der Waals surface area contributed by atoms with Crippen LogP contribution in [0.3, 0.4) is 0 Å². The van der Waals surface area contributed by atoms with Gasteiger partial charge in [0.05, 0.1) is 0 Å². The van der Waals surface area contributed by atoms with Gasteiger partial charge < -0.3 is 9.84 Å². The normalized spacial score (nSPS) is 9.28. The van der Waals surface area contributed by atoms with Gasteiger partial charge in [0.15, 0.2) is 0 Å². The van der Waals surface area contributed by atoms with Crippen LogP contribution >= 0.6 is 0 Å². The number of rotatable bonds is 3. The van der Waals surface area contributed by atoms with Crippen LogP contribution in [0, 0.1) is 47.4 Å². The van der Waals surface area contributed by atoms with Crippen LogP contribution in [-0.2, 0) is 9.53 Å². The van der Waals surface area contributed by atoms with Gasteiger partial charge in [0.25, 0.3) is 0 Å². The Morgan fingerprint density at radius 3 is 2.44 bits per heavy atom. The molecule has 18 heavy (non-hydrogen) atoms. The van der Waals surface area contributed by atoms with Gasteiger partial charge in [-0.05, 0) is 54.6 Å². The maximum atomic E-state index is 10.4. The SMILES string of the molecule is CC#CC#CC#CC#CC=C[C@H](O)COC(C)=O. The monoisotopic (exact) mass is 240 g/mol. The Morgan fingerprint density at radius 1 is 1.22 bits per heavy atom. The van der Waals surface area contributed by atoms with Crippen LogP contribution < -0.4 is 0 Å². The van der Waals surface area contributed by atoms with Crippen molar-refractivity contribution in [2.24, 2.45) is 0 Å². The Kier molecular flexibility index (Phi) is 9.34. The molecule has 0 saturated heterocycles. The maximum Gasteiger partial charge on any atom is 0.302 e.